The monoisotopic (exact) mass is 190 g/mol. The summed E-state index contributed by atoms with van der Waals surface area (Å²) >= 11 is 10.9. The average Bonchev–Trinajstić information content (AvgIpc) is 1.94. The molecule has 1 heterocycles. The number of carbonyl (C=O) groups is 1. The summed E-state index contributed by atoms with van der Waals surface area (Å²) in [5.41, 5.74) is -0.223. The Balaban J connectivity index is 3.15. The van der Waals surface area contributed by atoms with E-state index in [0.29, 0.717) is 0 Å². The second-order valence-electron chi connectivity index (χ2n) is 1.76. The predicted octanol–water partition coefficient (Wildman–Crippen LogP) is 0.752. The molecule has 0 aliphatic carbocycles. The largest absolute Gasteiger partial charge is 0.543 e. The Kier molecular flexibility index (Phi) is 2.31. The Bertz CT molecular complexity index is 301. The standard InChI is InChI=1S/C6H3Cl2NO2/c7-3-1-2-4(6(10)11)9-5(3)8/h1-2H,(H,10,11)/p-1. The molecule has 3 nitrogen and oxygen atoms in total. The Labute approximate surface area is 72.6 Å². The summed E-state index contributed by atoms with van der Waals surface area (Å²) < 4.78 is 0. The van der Waals surface area contributed by atoms with E-state index in [-0.39, 0.29) is 15.9 Å². The molecule has 0 N–H and O–H groups in total. The highest BCUT2D eigenvalue weighted by Crippen LogP contribution is 2.18. The van der Waals surface area contributed by atoms with Gasteiger partial charge in [0.1, 0.15) is 5.15 Å². The number of hydrogen-bond acceptors (Lipinski definition) is 3. The minimum Gasteiger partial charge on any atom is -0.543 e. The van der Waals surface area contributed by atoms with Gasteiger partial charge in [0.2, 0.25) is 0 Å². The maximum absolute atomic E-state index is 10.2. The lowest BCUT2D eigenvalue weighted by molar-refractivity contribution is -0.255. The highest BCUT2D eigenvalue weighted by atomic mass is 35.5. The van der Waals surface area contributed by atoms with Crippen molar-refractivity contribution in [1.82, 2.24) is 4.98 Å². The van der Waals surface area contributed by atoms with Crippen molar-refractivity contribution in [3.8, 4) is 0 Å². The Hall–Kier alpha value is -0.800. The summed E-state index contributed by atoms with van der Waals surface area (Å²) in [7, 11) is 0. The molecule has 1 aromatic heterocycles. The first kappa shape index (κ1) is 8.30. The van der Waals surface area contributed by atoms with E-state index in [9.17, 15) is 9.90 Å². The molecule has 0 spiro atoms. The van der Waals surface area contributed by atoms with Crippen LogP contribution in [0, 0.1) is 0 Å². The van der Waals surface area contributed by atoms with E-state index < -0.39 is 5.97 Å². The maximum atomic E-state index is 10.2. The van der Waals surface area contributed by atoms with Crippen molar-refractivity contribution in [2.75, 3.05) is 0 Å². The maximum Gasteiger partial charge on any atom is 0.148 e. The van der Waals surface area contributed by atoms with Gasteiger partial charge in [0, 0.05) is 0 Å². The number of hydrogen-bond donors (Lipinski definition) is 0. The topological polar surface area (TPSA) is 53.0 Å². The van der Waals surface area contributed by atoms with Gasteiger partial charge in [-0.1, -0.05) is 23.2 Å². The van der Waals surface area contributed by atoms with E-state index in [0.717, 1.165) is 0 Å². The third-order valence-corrected chi connectivity index (χ3v) is 1.70. The van der Waals surface area contributed by atoms with Crippen LogP contribution in [0.5, 0.6) is 0 Å². The lowest BCUT2D eigenvalue weighted by Crippen LogP contribution is -2.23. The molecule has 1 aromatic rings. The van der Waals surface area contributed by atoms with Crippen LogP contribution in [0.1, 0.15) is 10.5 Å². The number of aromatic nitrogens is 1. The molecule has 5 heteroatoms. The van der Waals surface area contributed by atoms with Crippen molar-refractivity contribution in [3.63, 3.8) is 0 Å². The van der Waals surface area contributed by atoms with Crippen molar-refractivity contribution >= 4 is 29.2 Å². The normalized spacial score (nSPS) is 9.64. The summed E-state index contributed by atoms with van der Waals surface area (Å²) in [5, 5.41) is 10.4. The smallest absolute Gasteiger partial charge is 0.148 e. The van der Waals surface area contributed by atoms with Crippen LogP contribution in [0.3, 0.4) is 0 Å². The predicted molar refractivity (Wildman–Crippen MR) is 38.6 cm³/mol. The van der Waals surface area contributed by atoms with Crippen LogP contribution < -0.4 is 5.11 Å². The molecule has 0 amide bonds. The number of carboxylic acids is 1. The van der Waals surface area contributed by atoms with Gasteiger partial charge in [-0.05, 0) is 12.1 Å². The van der Waals surface area contributed by atoms with E-state index in [1.165, 1.54) is 12.1 Å². The van der Waals surface area contributed by atoms with Crippen molar-refractivity contribution in [3.05, 3.63) is 28.0 Å². The molecule has 0 unspecified atom stereocenters. The molecule has 0 saturated heterocycles. The van der Waals surface area contributed by atoms with E-state index in [1.807, 2.05) is 0 Å². The second kappa shape index (κ2) is 3.07. The first-order valence-corrected chi connectivity index (χ1v) is 3.40. The van der Waals surface area contributed by atoms with Gasteiger partial charge in [-0.15, -0.1) is 0 Å². The van der Waals surface area contributed by atoms with Crippen molar-refractivity contribution in [2.45, 2.75) is 0 Å². The number of pyridine rings is 1. The van der Waals surface area contributed by atoms with Crippen LogP contribution in [0.2, 0.25) is 10.2 Å². The molecule has 0 aliphatic rings. The van der Waals surface area contributed by atoms with Gasteiger partial charge in [0.05, 0.1) is 16.7 Å². The van der Waals surface area contributed by atoms with Gasteiger partial charge in [0.25, 0.3) is 0 Å². The fourth-order valence-electron chi connectivity index (χ4n) is 0.531. The Morgan fingerprint density at radius 2 is 2.09 bits per heavy atom. The van der Waals surface area contributed by atoms with Gasteiger partial charge in [-0.2, -0.15) is 0 Å². The Morgan fingerprint density at radius 3 is 2.55 bits per heavy atom. The lowest BCUT2D eigenvalue weighted by atomic mass is 10.4. The van der Waals surface area contributed by atoms with E-state index >= 15 is 0 Å². The van der Waals surface area contributed by atoms with Crippen molar-refractivity contribution in [2.24, 2.45) is 0 Å². The summed E-state index contributed by atoms with van der Waals surface area (Å²) in [6.45, 7) is 0. The molecule has 11 heavy (non-hydrogen) atoms. The molecule has 0 aromatic carbocycles. The van der Waals surface area contributed by atoms with Gasteiger partial charge < -0.3 is 9.90 Å². The third-order valence-electron chi connectivity index (χ3n) is 1.01. The zero-order valence-electron chi connectivity index (χ0n) is 5.17. The van der Waals surface area contributed by atoms with Crippen LogP contribution in [0.15, 0.2) is 12.1 Å². The SMILES string of the molecule is O=C([O-])c1ccc(Cl)c(Cl)n1. The summed E-state index contributed by atoms with van der Waals surface area (Å²) in [6, 6.07) is 2.57. The number of rotatable bonds is 1. The number of carboxylic acid groups (broad SMARTS) is 1. The zero-order valence-corrected chi connectivity index (χ0v) is 6.69. The summed E-state index contributed by atoms with van der Waals surface area (Å²) in [6.07, 6.45) is 0. The van der Waals surface area contributed by atoms with Gasteiger partial charge >= 0.3 is 0 Å². The van der Waals surface area contributed by atoms with Crippen LogP contribution in [0.4, 0.5) is 0 Å². The molecule has 0 fully saturated rings. The highest BCUT2D eigenvalue weighted by Gasteiger charge is 2.00. The lowest BCUT2D eigenvalue weighted by Gasteiger charge is -2.01. The first-order chi connectivity index (χ1) is 5.11. The molecule has 58 valence electrons. The molecule has 0 aliphatic heterocycles. The van der Waals surface area contributed by atoms with Gasteiger partial charge in [-0.3, -0.25) is 0 Å². The minimum atomic E-state index is -1.37. The minimum absolute atomic E-state index is 0.0339. The Morgan fingerprint density at radius 1 is 1.45 bits per heavy atom. The number of halogens is 2. The molecule has 0 saturated carbocycles. The van der Waals surface area contributed by atoms with Crippen molar-refractivity contribution in [1.29, 1.82) is 0 Å². The average molecular weight is 191 g/mol. The highest BCUT2D eigenvalue weighted by molar-refractivity contribution is 6.41. The van der Waals surface area contributed by atoms with Crippen molar-refractivity contribution < 1.29 is 9.90 Å². The molecule has 0 bridgehead atoms. The zero-order chi connectivity index (χ0) is 8.43. The van der Waals surface area contributed by atoms with Crippen LogP contribution in [-0.4, -0.2) is 11.0 Å². The first-order valence-electron chi connectivity index (χ1n) is 2.64. The summed E-state index contributed by atoms with van der Waals surface area (Å²) in [5.74, 6) is -1.37. The second-order valence-corrected chi connectivity index (χ2v) is 2.52. The fraction of sp³-hybridized carbons (Fsp3) is 0. The molecular formula is C6H2Cl2NO2-. The number of carbonyl (C=O) groups excluding carboxylic acids is 1. The molecule has 0 radical (unpaired) electrons. The van der Waals surface area contributed by atoms with Gasteiger partial charge in [-0.25, -0.2) is 4.98 Å². The fourth-order valence-corrected chi connectivity index (χ4v) is 0.790. The van der Waals surface area contributed by atoms with E-state index in [1.54, 1.807) is 0 Å². The van der Waals surface area contributed by atoms with Crippen LogP contribution in [0.25, 0.3) is 0 Å². The van der Waals surface area contributed by atoms with Crippen LogP contribution >= 0.6 is 23.2 Å². The molecule has 1 rings (SSSR count). The summed E-state index contributed by atoms with van der Waals surface area (Å²) in [4.78, 5) is 13.6. The number of aromatic carboxylic acids is 1. The van der Waals surface area contributed by atoms with E-state index in [4.69, 9.17) is 23.2 Å². The molecule has 0 atom stereocenters. The van der Waals surface area contributed by atoms with Crippen LogP contribution in [-0.2, 0) is 0 Å². The third kappa shape index (κ3) is 1.82. The van der Waals surface area contributed by atoms with Gasteiger partial charge in [0.15, 0.2) is 0 Å². The van der Waals surface area contributed by atoms with E-state index in [2.05, 4.69) is 4.98 Å². The quantitative estimate of drug-likeness (QED) is 0.615. The number of nitrogens with zero attached hydrogens (tertiary/aromatic N) is 1. The molecular weight excluding hydrogens is 189 g/mol.